The fraction of sp³-hybridized carbons (Fsp3) is 0.0204. The van der Waals surface area contributed by atoms with Gasteiger partial charge in [0, 0.05) is 22.6 Å². The smallest absolute Gasteiger partial charge is 0.159 e. The molecule has 10 rings (SSSR count). The normalized spacial score (nSPS) is 14.7. The van der Waals surface area contributed by atoms with Gasteiger partial charge in [0.15, 0.2) is 5.84 Å². The van der Waals surface area contributed by atoms with Gasteiger partial charge in [-0.1, -0.05) is 163 Å². The lowest BCUT2D eigenvalue weighted by atomic mass is 9.95. The molecule has 0 radical (unpaired) electrons. The van der Waals surface area contributed by atoms with Crippen LogP contribution in [0.15, 0.2) is 196 Å². The maximum absolute atomic E-state index is 6.39. The molecule has 0 amide bonds. The van der Waals surface area contributed by atoms with Crippen LogP contribution in [-0.2, 0) is 0 Å². The van der Waals surface area contributed by atoms with Crippen LogP contribution in [0.25, 0.3) is 66.8 Å². The molecule has 7 aromatic carbocycles. The van der Waals surface area contributed by atoms with E-state index in [-0.39, 0.29) is 6.17 Å². The molecule has 1 aliphatic carbocycles. The molecule has 8 aromatic rings. The van der Waals surface area contributed by atoms with E-state index < -0.39 is 0 Å². The number of hydrogen-bond acceptors (Lipinski definition) is 4. The van der Waals surface area contributed by atoms with Crippen molar-refractivity contribution < 1.29 is 4.42 Å². The van der Waals surface area contributed by atoms with Crippen molar-refractivity contribution in [3.8, 4) is 33.4 Å². The molecule has 1 atom stereocenters. The van der Waals surface area contributed by atoms with Gasteiger partial charge in [-0.05, 0) is 67.9 Å². The van der Waals surface area contributed by atoms with E-state index >= 15 is 0 Å². The standard InChI is InChI=1S/C49H31N3O/c1-3-10-32(11-4-1)34-18-20-35(21-19-34)36-22-25-38(26-23-36)48-50-47(37-13-5-2-6-14-37)51-49(52-48)42-16-9-17-45-46(42)43-31-41(28-29-44(43)53-45)40-27-24-33-12-7-8-15-39(33)30-40/h1-8,10-15,17-31,47H,(H,50,51,52). The minimum absolute atomic E-state index is 0.348. The lowest BCUT2D eigenvalue weighted by molar-refractivity contribution is 0.603. The Labute approximate surface area is 307 Å². The number of rotatable bonds is 6. The molecule has 0 fully saturated rings. The van der Waals surface area contributed by atoms with E-state index in [4.69, 9.17) is 14.4 Å². The van der Waals surface area contributed by atoms with Crippen LogP contribution in [0.5, 0.6) is 0 Å². The van der Waals surface area contributed by atoms with Gasteiger partial charge < -0.3 is 9.73 Å². The third-order valence-electron chi connectivity index (χ3n) is 10.0. The van der Waals surface area contributed by atoms with Crippen LogP contribution in [0.3, 0.4) is 0 Å². The molecule has 1 N–H and O–H groups in total. The molecule has 1 aliphatic heterocycles. The molecular formula is C49H31N3O. The summed E-state index contributed by atoms with van der Waals surface area (Å²) >= 11 is 0. The first-order valence-electron chi connectivity index (χ1n) is 17.8. The van der Waals surface area contributed by atoms with Gasteiger partial charge in [0.05, 0.1) is 5.57 Å². The number of nitrogens with zero attached hydrogens (tertiary/aromatic N) is 2. The van der Waals surface area contributed by atoms with Gasteiger partial charge in [0.1, 0.15) is 23.3 Å². The molecule has 0 spiro atoms. The van der Waals surface area contributed by atoms with Crippen LogP contribution in [0.2, 0.25) is 0 Å². The maximum Gasteiger partial charge on any atom is 0.159 e. The second kappa shape index (κ2) is 12.8. The summed E-state index contributed by atoms with van der Waals surface area (Å²) in [7, 11) is 0. The fourth-order valence-corrected chi connectivity index (χ4v) is 7.25. The predicted octanol–water partition coefficient (Wildman–Crippen LogP) is 11.9. The first-order valence-corrected chi connectivity index (χ1v) is 17.8. The van der Waals surface area contributed by atoms with Crippen LogP contribution in [-0.4, -0.2) is 11.7 Å². The van der Waals surface area contributed by atoms with E-state index in [2.05, 4.69) is 162 Å². The van der Waals surface area contributed by atoms with Crippen molar-refractivity contribution in [1.82, 2.24) is 5.32 Å². The van der Waals surface area contributed by atoms with E-state index in [0.717, 1.165) is 61.2 Å². The topological polar surface area (TPSA) is 49.9 Å². The zero-order chi connectivity index (χ0) is 35.1. The van der Waals surface area contributed by atoms with Crippen molar-refractivity contribution in [3.05, 3.63) is 204 Å². The van der Waals surface area contributed by atoms with Gasteiger partial charge in [0.25, 0.3) is 0 Å². The highest BCUT2D eigenvalue weighted by atomic mass is 16.3. The molecular weight excluding hydrogens is 647 g/mol. The summed E-state index contributed by atoms with van der Waals surface area (Å²) in [6, 6.07) is 59.3. The summed E-state index contributed by atoms with van der Waals surface area (Å²) in [4.78, 5) is 10.3. The third-order valence-corrected chi connectivity index (χ3v) is 10.0. The molecule has 0 saturated carbocycles. The molecule has 53 heavy (non-hydrogen) atoms. The first-order chi connectivity index (χ1) is 26.2. The number of benzene rings is 7. The van der Waals surface area contributed by atoms with Crippen molar-refractivity contribution in [3.63, 3.8) is 0 Å². The van der Waals surface area contributed by atoms with Gasteiger partial charge in [-0.3, -0.25) is 0 Å². The van der Waals surface area contributed by atoms with E-state index in [1.807, 2.05) is 30.3 Å². The maximum atomic E-state index is 6.39. The lowest BCUT2D eigenvalue weighted by Gasteiger charge is -2.24. The van der Waals surface area contributed by atoms with Crippen LogP contribution in [0, 0.1) is 0 Å². The van der Waals surface area contributed by atoms with Gasteiger partial charge in [-0.15, -0.1) is 0 Å². The lowest BCUT2D eigenvalue weighted by Crippen LogP contribution is -2.33. The second-order valence-electron chi connectivity index (χ2n) is 13.3. The second-order valence-corrected chi connectivity index (χ2v) is 13.3. The molecule has 2 aliphatic rings. The molecule has 1 aromatic heterocycles. The van der Waals surface area contributed by atoms with Crippen LogP contribution >= 0.6 is 0 Å². The number of fused-ring (bicyclic) bond motifs is 4. The fourth-order valence-electron chi connectivity index (χ4n) is 7.25. The summed E-state index contributed by atoms with van der Waals surface area (Å²) < 4.78 is 6.39. The molecule has 0 bridgehead atoms. The Balaban J connectivity index is 1.02. The predicted molar refractivity (Wildman–Crippen MR) is 218 cm³/mol. The summed E-state index contributed by atoms with van der Waals surface area (Å²) in [5.74, 6) is 2.05. The SMILES string of the molecule is C1=C=C(C2=NC(c3ccc(-c4ccc(-c5ccccc5)cc4)cc3)=NC(c3ccccc3)N2)c2c(oc3ccc(-c4ccc5ccccc5c4)cc23)C=1. The zero-order valence-corrected chi connectivity index (χ0v) is 28.6. The molecule has 248 valence electrons. The first kappa shape index (κ1) is 30.6. The van der Waals surface area contributed by atoms with Crippen molar-refractivity contribution >= 4 is 45.1 Å². The minimum Gasteiger partial charge on any atom is -0.455 e. The average molecular weight is 678 g/mol. The molecule has 1 unspecified atom stereocenters. The van der Waals surface area contributed by atoms with E-state index in [9.17, 15) is 0 Å². The van der Waals surface area contributed by atoms with Crippen molar-refractivity contribution in [1.29, 1.82) is 0 Å². The summed E-state index contributed by atoms with van der Waals surface area (Å²) in [5.41, 5.74) is 18.1. The van der Waals surface area contributed by atoms with E-state index in [1.165, 1.54) is 21.9 Å². The van der Waals surface area contributed by atoms with Gasteiger partial charge >= 0.3 is 0 Å². The quantitative estimate of drug-likeness (QED) is 0.178. The number of hydrogen-bond donors (Lipinski definition) is 1. The number of furan rings is 1. The van der Waals surface area contributed by atoms with Crippen molar-refractivity contribution in [2.75, 3.05) is 0 Å². The summed E-state index contributed by atoms with van der Waals surface area (Å²) in [5, 5.41) is 7.05. The van der Waals surface area contributed by atoms with E-state index in [1.54, 1.807) is 0 Å². The largest absolute Gasteiger partial charge is 0.455 e. The number of aliphatic imine (C=N–C) groups is 2. The number of amidine groups is 2. The monoisotopic (exact) mass is 677 g/mol. The Morgan fingerprint density at radius 2 is 1.11 bits per heavy atom. The summed E-state index contributed by atoms with van der Waals surface area (Å²) in [6.07, 6.45) is 1.51. The molecule has 4 heteroatoms. The van der Waals surface area contributed by atoms with Gasteiger partial charge in [0.2, 0.25) is 0 Å². The Bertz CT molecular complexity index is 2850. The molecule has 2 heterocycles. The van der Waals surface area contributed by atoms with Gasteiger partial charge in [-0.25, -0.2) is 9.98 Å². The van der Waals surface area contributed by atoms with Crippen LogP contribution in [0.1, 0.15) is 28.6 Å². The van der Waals surface area contributed by atoms with Crippen LogP contribution < -0.4 is 5.32 Å². The van der Waals surface area contributed by atoms with Gasteiger partial charge in [-0.2, -0.15) is 0 Å². The average Bonchev–Trinajstić information content (AvgIpc) is 3.62. The Kier molecular flexibility index (Phi) is 7.41. The van der Waals surface area contributed by atoms with E-state index in [0.29, 0.717) is 11.7 Å². The summed E-state index contributed by atoms with van der Waals surface area (Å²) in [6.45, 7) is 0. The van der Waals surface area contributed by atoms with Crippen molar-refractivity contribution in [2.45, 2.75) is 6.17 Å². The molecule has 0 saturated heterocycles. The minimum atomic E-state index is -0.348. The molecule has 4 nitrogen and oxygen atoms in total. The van der Waals surface area contributed by atoms with Crippen LogP contribution in [0.4, 0.5) is 0 Å². The Hall–Kier alpha value is -7.22. The van der Waals surface area contributed by atoms with Crippen molar-refractivity contribution in [2.24, 2.45) is 9.98 Å². The highest BCUT2D eigenvalue weighted by molar-refractivity contribution is 6.30. The Morgan fingerprint density at radius 1 is 0.528 bits per heavy atom. The highest BCUT2D eigenvalue weighted by Gasteiger charge is 2.28. The Morgan fingerprint density at radius 3 is 1.85 bits per heavy atom. The number of nitrogens with one attached hydrogen (secondary N) is 1. The highest BCUT2D eigenvalue weighted by Crippen LogP contribution is 2.38. The zero-order valence-electron chi connectivity index (χ0n) is 28.6. The third kappa shape index (κ3) is 5.71.